The fourth-order valence-corrected chi connectivity index (χ4v) is 3.30. The summed E-state index contributed by atoms with van der Waals surface area (Å²) in [6.45, 7) is 1.92. The molecule has 0 atom stereocenters. The van der Waals surface area contributed by atoms with Gasteiger partial charge in [-0.3, -0.25) is 9.59 Å². The molecule has 154 valence electrons. The lowest BCUT2D eigenvalue weighted by molar-refractivity contribution is -0.123. The molecule has 28 heavy (non-hydrogen) atoms. The molecule has 0 aromatic heterocycles. The molecule has 0 unspecified atom stereocenters. The topological polar surface area (TPSA) is 77.1 Å². The number of methoxy groups -OCH3 is 3. The maximum absolute atomic E-state index is 12.4. The number of hydrogen-bond acceptors (Lipinski definition) is 5. The van der Waals surface area contributed by atoms with Gasteiger partial charge in [0.25, 0.3) is 0 Å². The van der Waals surface area contributed by atoms with Crippen molar-refractivity contribution < 1.29 is 23.8 Å². The molecular formula is C21H30N2O5. The molecule has 1 aliphatic rings. The van der Waals surface area contributed by atoms with E-state index in [0.29, 0.717) is 29.5 Å². The second-order valence-corrected chi connectivity index (χ2v) is 6.70. The van der Waals surface area contributed by atoms with Crippen LogP contribution in [0.15, 0.2) is 23.8 Å². The first-order valence-electron chi connectivity index (χ1n) is 9.52. The van der Waals surface area contributed by atoms with Crippen molar-refractivity contribution in [2.24, 2.45) is 0 Å². The molecule has 0 aliphatic heterocycles. The van der Waals surface area contributed by atoms with E-state index in [1.165, 1.54) is 51.6 Å². The minimum Gasteiger partial charge on any atom is -0.493 e. The van der Waals surface area contributed by atoms with Crippen molar-refractivity contribution >= 4 is 17.5 Å². The van der Waals surface area contributed by atoms with E-state index in [1.807, 2.05) is 0 Å². The molecule has 0 saturated heterocycles. The van der Waals surface area contributed by atoms with Crippen LogP contribution in [-0.2, 0) is 9.59 Å². The van der Waals surface area contributed by atoms with E-state index in [9.17, 15) is 9.59 Å². The molecule has 2 amide bonds. The second-order valence-electron chi connectivity index (χ2n) is 6.70. The SMILES string of the molecule is COc1cc(N(CC(=O)NCCC2=CCCCC2)C(C)=O)cc(OC)c1OC. The van der Waals surface area contributed by atoms with Crippen molar-refractivity contribution in [2.75, 3.05) is 39.3 Å². The monoisotopic (exact) mass is 390 g/mol. The highest BCUT2D eigenvalue weighted by molar-refractivity contribution is 5.98. The number of rotatable bonds is 9. The van der Waals surface area contributed by atoms with Gasteiger partial charge in [-0.25, -0.2) is 0 Å². The summed E-state index contributed by atoms with van der Waals surface area (Å²) in [4.78, 5) is 26.0. The summed E-state index contributed by atoms with van der Waals surface area (Å²) in [5, 5.41) is 2.90. The first-order valence-corrected chi connectivity index (χ1v) is 9.52. The molecule has 7 nitrogen and oxygen atoms in total. The number of anilines is 1. The zero-order valence-corrected chi connectivity index (χ0v) is 17.2. The van der Waals surface area contributed by atoms with Gasteiger partial charge in [0, 0.05) is 25.6 Å². The number of benzene rings is 1. The molecule has 7 heteroatoms. The Morgan fingerprint density at radius 3 is 2.25 bits per heavy atom. The fourth-order valence-electron chi connectivity index (χ4n) is 3.30. The van der Waals surface area contributed by atoms with Gasteiger partial charge in [-0.05, 0) is 32.1 Å². The fraction of sp³-hybridized carbons (Fsp3) is 0.524. The number of carbonyl (C=O) groups is 2. The highest BCUT2D eigenvalue weighted by Crippen LogP contribution is 2.41. The molecule has 0 heterocycles. The highest BCUT2D eigenvalue weighted by atomic mass is 16.5. The average Bonchev–Trinajstić information content (AvgIpc) is 2.71. The predicted octanol–water partition coefficient (Wildman–Crippen LogP) is 3.07. The molecule has 1 aromatic rings. The van der Waals surface area contributed by atoms with Gasteiger partial charge in [0.1, 0.15) is 6.54 Å². The lowest BCUT2D eigenvalue weighted by atomic mass is 9.97. The number of carbonyl (C=O) groups excluding carboxylic acids is 2. The number of allylic oxidation sites excluding steroid dienone is 1. The zero-order chi connectivity index (χ0) is 20.5. The molecule has 2 rings (SSSR count). The van der Waals surface area contributed by atoms with Gasteiger partial charge < -0.3 is 24.4 Å². The van der Waals surface area contributed by atoms with E-state index < -0.39 is 0 Å². The molecule has 0 radical (unpaired) electrons. The quantitative estimate of drug-likeness (QED) is 0.656. The van der Waals surface area contributed by atoms with Crippen LogP contribution in [0.1, 0.15) is 39.0 Å². The minimum atomic E-state index is -0.251. The maximum atomic E-state index is 12.4. The van der Waals surface area contributed by atoms with Crippen LogP contribution in [0.25, 0.3) is 0 Å². The standard InChI is InChI=1S/C21H30N2O5/c1-15(24)23(14-20(25)22-11-10-16-8-6-5-7-9-16)17-12-18(26-2)21(28-4)19(13-17)27-3/h8,12-13H,5-7,9-11,14H2,1-4H3,(H,22,25). The van der Waals surface area contributed by atoms with Crippen LogP contribution in [0.3, 0.4) is 0 Å². The molecule has 0 fully saturated rings. The smallest absolute Gasteiger partial charge is 0.240 e. The van der Waals surface area contributed by atoms with Crippen molar-refractivity contribution in [3.8, 4) is 17.2 Å². The zero-order valence-electron chi connectivity index (χ0n) is 17.2. The van der Waals surface area contributed by atoms with Crippen LogP contribution in [0.5, 0.6) is 17.2 Å². The third-order valence-corrected chi connectivity index (χ3v) is 4.80. The van der Waals surface area contributed by atoms with Crippen molar-refractivity contribution in [3.63, 3.8) is 0 Å². The van der Waals surface area contributed by atoms with E-state index in [2.05, 4.69) is 11.4 Å². The van der Waals surface area contributed by atoms with Gasteiger partial charge in [-0.15, -0.1) is 0 Å². The van der Waals surface area contributed by atoms with Crippen molar-refractivity contribution in [1.29, 1.82) is 0 Å². The number of nitrogens with one attached hydrogen (secondary N) is 1. The van der Waals surface area contributed by atoms with Crippen LogP contribution in [0, 0.1) is 0 Å². The Hall–Kier alpha value is -2.70. The van der Waals surface area contributed by atoms with Crippen LogP contribution in [0.2, 0.25) is 0 Å². The summed E-state index contributed by atoms with van der Waals surface area (Å²) >= 11 is 0. The summed E-state index contributed by atoms with van der Waals surface area (Å²) < 4.78 is 16.0. The summed E-state index contributed by atoms with van der Waals surface area (Å²) in [5.74, 6) is 0.822. The number of hydrogen-bond donors (Lipinski definition) is 1. The Morgan fingerprint density at radius 1 is 1.07 bits per heavy atom. The van der Waals surface area contributed by atoms with Gasteiger partial charge in [-0.1, -0.05) is 11.6 Å². The van der Waals surface area contributed by atoms with Crippen molar-refractivity contribution in [1.82, 2.24) is 5.32 Å². The third kappa shape index (κ3) is 5.65. The van der Waals surface area contributed by atoms with Gasteiger partial charge in [0.2, 0.25) is 17.6 Å². The molecule has 1 aromatic carbocycles. The Bertz CT molecular complexity index is 705. The largest absolute Gasteiger partial charge is 0.493 e. The Labute approximate surface area is 166 Å². The number of amides is 2. The number of nitrogens with zero attached hydrogens (tertiary/aromatic N) is 1. The first kappa shape index (κ1) is 21.6. The molecular weight excluding hydrogens is 360 g/mol. The van der Waals surface area contributed by atoms with Crippen LogP contribution < -0.4 is 24.4 Å². The van der Waals surface area contributed by atoms with E-state index >= 15 is 0 Å². The second kappa shape index (κ2) is 10.6. The van der Waals surface area contributed by atoms with E-state index in [0.717, 1.165) is 19.3 Å². The maximum Gasteiger partial charge on any atom is 0.240 e. The van der Waals surface area contributed by atoms with Crippen LogP contribution >= 0.6 is 0 Å². The van der Waals surface area contributed by atoms with Gasteiger partial charge in [-0.2, -0.15) is 0 Å². The van der Waals surface area contributed by atoms with Gasteiger partial charge >= 0.3 is 0 Å². The molecule has 0 saturated carbocycles. The van der Waals surface area contributed by atoms with Crippen molar-refractivity contribution in [2.45, 2.75) is 39.0 Å². The summed E-state index contributed by atoms with van der Waals surface area (Å²) in [6.07, 6.45) is 7.84. The van der Waals surface area contributed by atoms with Gasteiger partial charge in [0.15, 0.2) is 11.5 Å². The first-order chi connectivity index (χ1) is 13.5. The van der Waals surface area contributed by atoms with Crippen molar-refractivity contribution in [3.05, 3.63) is 23.8 Å². The summed E-state index contributed by atoms with van der Waals surface area (Å²) in [7, 11) is 4.52. The lowest BCUT2D eigenvalue weighted by Crippen LogP contribution is -2.40. The highest BCUT2D eigenvalue weighted by Gasteiger charge is 2.21. The molecule has 1 N–H and O–H groups in total. The molecule has 1 aliphatic carbocycles. The predicted molar refractivity (Wildman–Crippen MR) is 108 cm³/mol. The minimum absolute atomic E-state index is 0.0764. The van der Waals surface area contributed by atoms with Crippen LogP contribution in [-0.4, -0.2) is 46.2 Å². The molecule has 0 bridgehead atoms. The van der Waals surface area contributed by atoms with E-state index in [1.54, 1.807) is 12.1 Å². The van der Waals surface area contributed by atoms with Gasteiger partial charge in [0.05, 0.1) is 27.0 Å². The summed E-state index contributed by atoms with van der Waals surface area (Å²) in [6, 6.07) is 3.31. The normalized spacial score (nSPS) is 13.4. The Balaban J connectivity index is 2.07. The van der Waals surface area contributed by atoms with Crippen LogP contribution in [0.4, 0.5) is 5.69 Å². The van der Waals surface area contributed by atoms with E-state index in [-0.39, 0.29) is 18.4 Å². The third-order valence-electron chi connectivity index (χ3n) is 4.80. The lowest BCUT2D eigenvalue weighted by Gasteiger charge is -2.23. The average molecular weight is 390 g/mol. The molecule has 0 spiro atoms. The summed E-state index contributed by atoms with van der Waals surface area (Å²) in [5.41, 5.74) is 1.91. The Morgan fingerprint density at radius 2 is 1.75 bits per heavy atom. The van der Waals surface area contributed by atoms with E-state index in [4.69, 9.17) is 14.2 Å². The number of ether oxygens (including phenoxy) is 3. The Kier molecular flexibility index (Phi) is 8.17.